The largest absolute Gasteiger partial charge is 0.337 e. The van der Waals surface area contributed by atoms with Gasteiger partial charge in [-0.2, -0.15) is 5.10 Å². The lowest BCUT2D eigenvalue weighted by atomic mass is 10.0. The number of aromatic nitrogens is 4. The van der Waals surface area contributed by atoms with Gasteiger partial charge in [-0.3, -0.25) is 23.6 Å². The lowest BCUT2D eigenvalue weighted by Gasteiger charge is -2.31. The van der Waals surface area contributed by atoms with Crippen molar-refractivity contribution >= 4 is 39.3 Å². The molecular formula is C25H22N6O3. The molecule has 4 aromatic rings. The van der Waals surface area contributed by atoms with Crippen LogP contribution in [0.5, 0.6) is 0 Å². The van der Waals surface area contributed by atoms with Gasteiger partial charge in [-0.25, -0.2) is 4.98 Å². The molecule has 0 atom stereocenters. The lowest BCUT2D eigenvalue weighted by molar-refractivity contribution is -0.131. The molecule has 2 aromatic heterocycles. The molecular weight excluding hydrogens is 432 g/mol. The SMILES string of the molecule is C=C(NC(=O)C(=C)n1cnc2c(-c3ccc4nn(C)cc4c3)cccc2c1=O)C(=O)N1CCC1. The van der Waals surface area contributed by atoms with Crippen molar-refractivity contribution in [3.8, 4) is 11.1 Å². The molecule has 5 rings (SSSR count). The third-order valence-corrected chi connectivity index (χ3v) is 5.94. The summed E-state index contributed by atoms with van der Waals surface area (Å²) in [5.74, 6) is -1.04. The molecule has 2 aromatic carbocycles. The van der Waals surface area contributed by atoms with E-state index in [0.29, 0.717) is 24.0 Å². The summed E-state index contributed by atoms with van der Waals surface area (Å²) in [5.41, 5.74) is 2.43. The molecule has 1 aliphatic rings. The first kappa shape index (κ1) is 21.3. The van der Waals surface area contributed by atoms with E-state index in [1.807, 2.05) is 37.5 Å². The molecule has 34 heavy (non-hydrogen) atoms. The molecule has 0 bridgehead atoms. The summed E-state index contributed by atoms with van der Waals surface area (Å²) in [6.45, 7) is 8.65. The molecule has 170 valence electrons. The van der Waals surface area contributed by atoms with E-state index < -0.39 is 11.5 Å². The van der Waals surface area contributed by atoms with Gasteiger partial charge in [0.1, 0.15) is 12.0 Å². The van der Waals surface area contributed by atoms with E-state index in [4.69, 9.17) is 0 Å². The smallest absolute Gasteiger partial charge is 0.272 e. The number of benzene rings is 2. The number of hydrogen-bond acceptors (Lipinski definition) is 5. The van der Waals surface area contributed by atoms with Crippen molar-refractivity contribution in [3.63, 3.8) is 0 Å². The Bertz CT molecular complexity index is 1570. The number of fused-ring (bicyclic) bond motifs is 2. The number of likely N-dealkylation sites (tertiary alicyclic amines) is 1. The Labute approximate surface area is 194 Å². The summed E-state index contributed by atoms with van der Waals surface area (Å²) in [5, 5.41) is 8.15. The Morgan fingerprint density at radius 2 is 1.91 bits per heavy atom. The number of nitrogens with one attached hydrogen (secondary N) is 1. The van der Waals surface area contributed by atoms with Gasteiger partial charge in [0.15, 0.2) is 0 Å². The standard InChI is InChI=1S/C25H22N6O3/c1-15(24(33)30-10-5-11-30)27-23(32)16(2)31-14-26-22-19(6-4-7-20(22)25(31)34)17-8-9-21-18(12-17)13-29(3)28-21/h4,6-9,12-14H,1-2,5,10-11H2,3H3,(H,27,32). The van der Waals surface area contributed by atoms with Crippen LogP contribution in [0.15, 0.2) is 72.6 Å². The second-order valence-electron chi connectivity index (χ2n) is 8.22. The molecule has 0 aliphatic carbocycles. The number of para-hydroxylation sites is 1. The quantitative estimate of drug-likeness (QED) is 0.466. The third-order valence-electron chi connectivity index (χ3n) is 5.94. The maximum Gasteiger partial charge on any atom is 0.272 e. The Kier molecular flexibility index (Phi) is 5.09. The van der Waals surface area contributed by atoms with Crippen molar-refractivity contribution in [2.75, 3.05) is 13.1 Å². The topological polar surface area (TPSA) is 102 Å². The molecule has 1 fully saturated rings. The molecule has 1 N–H and O–H groups in total. The van der Waals surface area contributed by atoms with E-state index >= 15 is 0 Å². The zero-order valence-corrected chi connectivity index (χ0v) is 18.6. The molecule has 9 heteroatoms. The maximum atomic E-state index is 13.2. The van der Waals surface area contributed by atoms with Gasteiger partial charge in [0.25, 0.3) is 17.4 Å². The summed E-state index contributed by atoms with van der Waals surface area (Å²) >= 11 is 0. The number of carbonyl (C=O) groups excluding carboxylic acids is 2. The van der Waals surface area contributed by atoms with Crippen molar-refractivity contribution in [1.29, 1.82) is 0 Å². The monoisotopic (exact) mass is 454 g/mol. The lowest BCUT2D eigenvalue weighted by Crippen LogP contribution is -2.45. The second kappa shape index (κ2) is 8.11. The van der Waals surface area contributed by atoms with Crippen molar-refractivity contribution < 1.29 is 9.59 Å². The van der Waals surface area contributed by atoms with Gasteiger partial charge in [0.05, 0.1) is 22.1 Å². The minimum atomic E-state index is -0.694. The van der Waals surface area contributed by atoms with Crippen molar-refractivity contribution in [3.05, 3.63) is 78.1 Å². The molecule has 0 saturated carbocycles. The van der Waals surface area contributed by atoms with Crippen LogP contribution in [0.25, 0.3) is 38.6 Å². The molecule has 2 amide bonds. The first-order valence-electron chi connectivity index (χ1n) is 10.8. The summed E-state index contributed by atoms with van der Waals surface area (Å²) in [7, 11) is 1.86. The van der Waals surface area contributed by atoms with Crippen molar-refractivity contribution in [1.82, 2.24) is 29.5 Å². The minimum Gasteiger partial charge on any atom is -0.337 e. The van der Waals surface area contributed by atoms with Gasteiger partial charge < -0.3 is 10.2 Å². The number of hydrogen-bond donors (Lipinski definition) is 1. The van der Waals surface area contributed by atoms with Crippen LogP contribution in [0.3, 0.4) is 0 Å². The summed E-state index contributed by atoms with van der Waals surface area (Å²) < 4.78 is 2.82. The zero-order chi connectivity index (χ0) is 24.0. The van der Waals surface area contributed by atoms with Gasteiger partial charge in [-0.1, -0.05) is 31.4 Å². The summed E-state index contributed by atoms with van der Waals surface area (Å²) in [4.78, 5) is 44.2. The molecule has 1 saturated heterocycles. The Morgan fingerprint density at radius 3 is 2.65 bits per heavy atom. The Hall–Kier alpha value is -4.53. The van der Waals surface area contributed by atoms with E-state index in [0.717, 1.165) is 33.0 Å². The summed E-state index contributed by atoms with van der Waals surface area (Å²) in [6.07, 6.45) is 4.13. The molecule has 0 unspecified atom stereocenters. The first-order chi connectivity index (χ1) is 16.3. The van der Waals surface area contributed by atoms with Crippen LogP contribution < -0.4 is 10.9 Å². The van der Waals surface area contributed by atoms with Crippen molar-refractivity contribution in [2.45, 2.75) is 6.42 Å². The van der Waals surface area contributed by atoms with E-state index in [1.165, 1.54) is 6.33 Å². The first-order valence-corrected chi connectivity index (χ1v) is 10.8. The fourth-order valence-electron chi connectivity index (χ4n) is 3.98. The minimum absolute atomic E-state index is 0.0549. The van der Waals surface area contributed by atoms with Crippen LogP contribution in [0.4, 0.5) is 0 Å². The van der Waals surface area contributed by atoms with Crippen LogP contribution in [0.2, 0.25) is 0 Å². The number of carbonyl (C=O) groups is 2. The fraction of sp³-hybridized carbons (Fsp3) is 0.160. The van der Waals surface area contributed by atoms with Gasteiger partial charge in [-0.15, -0.1) is 0 Å². The average molecular weight is 454 g/mol. The molecule has 0 radical (unpaired) electrons. The zero-order valence-electron chi connectivity index (χ0n) is 18.6. The third kappa shape index (κ3) is 3.57. The molecule has 3 heterocycles. The normalized spacial score (nSPS) is 13.0. The van der Waals surface area contributed by atoms with Crippen LogP contribution in [-0.4, -0.2) is 49.1 Å². The van der Waals surface area contributed by atoms with Crippen LogP contribution in [-0.2, 0) is 16.6 Å². The predicted octanol–water partition coefficient (Wildman–Crippen LogP) is 2.28. The highest BCUT2D eigenvalue weighted by molar-refractivity contribution is 6.15. The van der Waals surface area contributed by atoms with Crippen LogP contribution in [0, 0.1) is 0 Å². The van der Waals surface area contributed by atoms with Crippen LogP contribution >= 0.6 is 0 Å². The second-order valence-corrected chi connectivity index (χ2v) is 8.22. The van der Waals surface area contributed by atoms with E-state index in [2.05, 4.69) is 28.6 Å². The highest BCUT2D eigenvalue weighted by atomic mass is 16.2. The number of nitrogens with zero attached hydrogens (tertiary/aromatic N) is 5. The van der Waals surface area contributed by atoms with E-state index in [-0.39, 0.29) is 17.3 Å². The fourth-order valence-corrected chi connectivity index (χ4v) is 3.98. The average Bonchev–Trinajstić information content (AvgIpc) is 3.16. The van der Waals surface area contributed by atoms with Gasteiger partial charge in [0.2, 0.25) is 0 Å². The number of aryl methyl sites for hydroxylation is 1. The van der Waals surface area contributed by atoms with E-state index in [1.54, 1.807) is 21.7 Å². The van der Waals surface area contributed by atoms with Crippen LogP contribution in [0.1, 0.15) is 6.42 Å². The summed E-state index contributed by atoms with van der Waals surface area (Å²) in [6, 6.07) is 11.2. The highest BCUT2D eigenvalue weighted by Crippen LogP contribution is 2.28. The maximum absolute atomic E-state index is 13.2. The van der Waals surface area contributed by atoms with Crippen molar-refractivity contribution in [2.24, 2.45) is 7.05 Å². The Morgan fingerprint density at radius 1 is 1.12 bits per heavy atom. The van der Waals surface area contributed by atoms with E-state index in [9.17, 15) is 14.4 Å². The molecule has 9 nitrogen and oxygen atoms in total. The highest BCUT2D eigenvalue weighted by Gasteiger charge is 2.24. The predicted molar refractivity (Wildman–Crippen MR) is 130 cm³/mol. The molecule has 0 spiro atoms. The number of rotatable bonds is 5. The van der Waals surface area contributed by atoms with Gasteiger partial charge in [-0.05, 0) is 30.2 Å². The molecule has 1 aliphatic heterocycles. The van der Waals surface area contributed by atoms with Gasteiger partial charge in [0, 0.05) is 37.3 Å². The Balaban J connectivity index is 1.46. The number of amides is 2. The van der Waals surface area contributed by atoms with Gasteiger partial charge >= 0.3 is 0 Å².